The monoisotopic (exact) mass is 250 g/mol. The predicted molar refractivity (Wildman–Crippen MR) is 63.9 cm³/mol. The van der Waals surface area contributed by atoms with Gasteiger partial charge in [-0.25, -0.2) is 9.99 Å². The van der Waals surface area contributed by atoms with E-state index in [-0.39, 0.29) is 6.73 Å². The predicted octanol–water partition coefficient (Wildman–Crippen LogP) is 2.36. The highest BCUT2D eigenvalue weighted by Gasteiger charge is 2.01. The topological polar surface area (TPSA) is 67.2 Å². The Morgan fingerprint density at radius 1 is 1.53 bits per heavy atom. The van der Waals surface area contributed by atoms with E-state index in [1.165, 1.54) is 16.3 Å². The lowest BCUT2D eigenvalue weighted by molar-refractivity contribution is -0.132. The summed E-state index contributed by atoms with van der Waals surface area (Å²) >= 11 is 1.45. The van der Waals surface area contributed by atoms with Gasteiger partial charge >= 0.3 is 0 Å². The van der Waals surface area contributed by atoms with Crippen LogP contribution in [0.5, 0.6) is 0 Å². The van der Waals surface area contributed by atoms with E-state index in [1.807, 2.05) is 24.3 Å². The maximum Gasteiger partial charge on any atom is 0.294 e. The first-order chi connectivity index (χ1) is 8.29. The molecule has 0 unspecified atom stereocenters. The summed E-state index contributed by atoms with van der Waals surface area (Å²) in [6, 6.07) is 7.77. The van der Waals surface area contributed by atoms with Crippen LogP contribution in [0.25, 0.3) is 10.2 Å². The van der Waals surface area contributed by atoms with Crippen LogP contribution in [-0.4, -0.2) is 30.2 Å². The number of carbonyl (C=O) groups excluding carboxylic acids is 1. The molecule has 2 aromatic rings. The van der Waals surface area contributed by atoms with Crippen molar-refractivity contribution in [2.45, 2.75) is 0 Å². The van der Waals surface area contributed by atoms with Gasteiger partial charge in [-0.1, -0.05) is 28.7 Å². The Bertz CT molecular complexity index is 507. The van der Waals surface area contributed by atoms with Gasteiger partial charge in [-0.15, -0.1) is 5.11 Å². The average Bonchev–Trinajstić information content (AvgIpc) is 2.76. The fourth-order valence-electron chi connectivity index (χ4n) is 1.18. The number of nitrogens with zero attached hydrogens (tertiary/aromatic N) is 4. The van der Waals surface area contributed by atoms with Crippen LogP contribution >= 0.6 is 11.3 Å². The van der Waals surface area contributed by atoms with Crippen LogP contribution in [0.2, 0.25) is 0 Å². The van der Waals surface area contributed by atoms with Crippen molar-refractivity contribution in [1.82, 2.24) is 9.99 Å². The Kier molecular flexibility index (Phi) is 3.61. The van der Waals surface area contributed by atoms with Crippen LogP contribution in [0.4, 0.5) is 5.13 Å². The summed E-state index contributed by atoms with van der Waals surface area (Å²) < 4.78 is 5.58. The lowest BCUT2D eigenvalue weighted by Gasteiger charge is -2.07. The van der Waals surface area contributed by atoms with Crippen molar-refractivity contribution in [2.75, 3.05) is 13.8 Å². The van der Waals surface area contributed by atoms with Gasteiger partial charge in [0.05, 0.1) is 10.2 Å². The second-order valence-corrected chi connectivity index (χ2v) is 4.21. The standard InChI is InChI=1S/C10H10N4O2S/c1-14(6-16-7-15)13-12-10-11-8-4-2-3-5-9(8)17-10/h2-5,7H,6H2,1H3/b13-12+. The van der Waals surface area contributed by atoms with Crippen LogP contribution in [0.15, 0.2) is 34.6 Å². The molecule has 0 spiro atoms. The number of hydrogen-bond acceptors (Lipinski definition) is 6. The average molecular weight is 250 g/mol. The number of ether oxygens (including phenoxy) is 1. The number of para-hydroxylation sites is 1. The SMILES string of the molecule is CN(COC=O)/N=N/c1nc2ccccc2s1. The quantitative estimate of drug-likeness (QED) is 0.353. The van der Waals surface area contributed by atoms with Gasteiger partial charge in [-0.3, -0.25) is 4.79 Å². The summed E-state index contributed by atoms with van der Waals surface area (Å²) in [6.07, 6.45) is 0. The van der Waals surface area contributed by atoms with Crippen molar-refractivity contribution in [2.24, 2.45) is 10.3 Å². The van der Waals surface area contributed by atoms with Gasteiger partial charge in [0, 0.05) is 7.05 Å². The first kappa shape index (κ1) is 11.5. The van der Waals surface area contributed by atoms with Gasteiger partial charge in [0.1, 0.15) is 0 Å². The summed E-state index contributed by atoms with van der Waals surface area (Å²) in [4.78, 5) is 14.3. The highest BCUT2D eigenvalue weighted by molar-refractivity contribution is 7.21. The third kappa shape index (κ3) is 2.97. The van der Waals surface area contributed by atoms with E-state index < -0.39 is 0 Å². The minimum absolute atomic E-state index is 0.0674. The zero-order valence-corrected chi connectivity index (χ0v) is 9.92. The first-order valence-electron chi connectivity index (χ1n) is 4.83. The second-order valence-electron chi connectivity index (χ2n) is 3.20. The molecule has 2 rings (SSSR count). The fraction of sp³-hybridized carbons (Fsp3) is 0.200. The lowest BCUT2D eigenvalue weighted by atomic mass is 10.3. The molecule has 1 heterocycles. The van der Waals surface area contributed by atoms with E-state index >= 15 is 0 Å². The molecule has 1 aromatic heterocycles. The van der Waals surface area contributed by atoms with E-state index in [4.69, 9.17) is 0 Å². The summed E-state index contributed by atoms with van der Waals surface area (Å²) in [5.41, 5.74) is 0.901. The number of thiazole rings is 1. The van der Waals surface area contributed by atoms with E-state index in [0.29, 0.717) is 11.6 Å². The van der Waals surface area contributed by atoms with Crippen molar-refractivity contribution in [3.8, 4) is 0 Å². The second kappa shape index (κ2) is 5.35. The molecular formula is C10H10N4O2S. The summed E-state index contributed by atoms with van der Waals surface area (Å²) in [5, 5.41) is 9.78. The molecule has 0 aliphatic rings. The Labute approximate surface area is 102 Å². The van der Waals surface area contributed by atoms with Crippen LogP contribution < -0.4 is 0 Å². The van der Waals surface area contributed by atoms with Crippen molar-refractivity contribution >= 4 is 33.2 Å². The van der Waals surface area contributed by atoms with Gasteiger partial charge in [-0.2, -0.15) is 0 Å². The molecule has 0 fully saturated rings. The zero-order valence-electron chi connectivity index (χ0n) is 9.11. The summed E-state index contributed by atoms with van der Waals surface area (Å²) in [5.74, 6) is 0. The molecule has 0 radical (unpaired) electrons. The zero-order chi connectivity index (χ0) is 12.1. The molecule has 0 saturated heterocycles. The van der Waals surface area contributed by atoms with Crippen LogP contribution in [-0.2, 0) is 9.53 Å². The van der Waals surface area contributed by atoms with Crippen LogP contribution in [0, 0.1) is 0 Å². The molecule has 88 valence electrons. The minimum Gasteiger partial charge on any atom is -0.445 e. The fourth-order valence-corrected chi connectivity index (χ4v) is 1.96. The number of benzene rings is 1. The van der Waals surface area contributed by atoms with Gasteiger partial charge in [0.15, 0.2) is 6.73 Å². The van der Waals surface area contributed by atoms with Crippen molar-refractivity contribution in [1.29, 1.82) is 0 Å². The van der Waals surface area contributed by atoms with E-state index in [1.54, 1.807) is 7.05 Å². The lowest BCUT2D eigenvalue weighted by Crippen LogP contribution is -2.13. The Hall–Kier alpha value is -2.02. The number of fused-ring (bicyclic) bond motifs is 1. The number of rotatable bonds is 5. The highest BCUT2D eigenvalue weighted by Crippen LogP contribution is 2.27. The third-order valence-electron chi connectivity index (χ3n) is 1.89. The van der Waals surface area contributed by atoms with Gasteiger partial charge < -0.3 is 4.74 Å². The molecule has 7 heteroatoms. The Morgan fingerprint density at radius 3 is 3.12 bits per heavy atom. The molecule has 17 heavy (non-hydrogen) atoms. The molecule has 0 N–H and O–H groups in total. The van der Waals surface area contributed by atoms with E-state index in [0.717, 1.165) is 10.2 Å². The van der Waals surface area contributed by atoms with Crippen LogP contribution in [0.3, 0.4) is 0 Å². The van der Waals surface area contributed by atoms with E-state index in [2.05, 4.69) is 20.1 Å². The molecule has 0 amide bonds. The van der Waals surface area contributed by atoms with Crippen LogP contribution in [0.1, 0.15) is 0 Å². The van der Waals surface area contributed by atoms with Crippen molar-refractivity contribution in [3.05, 3.63) is 24.3 Å². The molecule has 0 aliphatic carbocycles. The smallest absolute Gasteiger partial charge is 0.294 e. The van der Waals surface area contributed by atoms with Crippen molar-refractivity contribution in [3.63, 3.8) is 0 Å². The summed E-state index contributed by atoms with van der Waals surface area (Å²) in [7, 11) is 1.65. The molecule has 6 nitrogen and oxygen atoms in total. The minimum atomic E-state index is 0.0674. The molecule has 1 aromatic carbocycles. The maximum absolute atomic E-state index is 9.97. The molecule has 0 saturated carbocycles. The van der Waals surface area contributed by atoms with Gasteiger partial charge in [0.2, 0.25) is 5.13 Å². The molecule has 0 aliphatic heterocycles. The summed E-state index contributed by atoms with van der Waals surface area (Å²) in [6.45, 7) is 0.432. The molecular weight excluding hydrogens is 240 g/mol. The normalized spacial score (nSPS) is 10.9. The highest BCUT2D eigenvalue weighted by atomic mass is 32.1. The number of hydrogen-bond donors (Lipinski definition) is 0. The maximum atomic E-state index is 9.97. The van der Waals surface area contributed by atoms with Crippen molar-refractivity contribution < 1.29 is 9.53 Å². The molecule has 0 bridgehead atoms. The Balaban J connectivity index is 2.07. The van der Waals surface area contributed by atoms with Gasteiger partial charge in [0.25, 0.3) is 6.47 Å². The number of aromatic nitrogens is 1. The third-order valence-corrected chi connectivity index (χ3v) is 2.82. The van der Waals surface area contributed by atoms with E-state index in [9.17, 15) is 4.79 Å². The number of carbonyl (C=O) groups is 1. The first-order valence-corrected chi connectivity index (χ1v) is 5.65. The largest absolute Gasteiger partial charge is 0.445 e. The van der Waals surface area contributed by atoms with Gasteiger partial charge in [-0.05, 0) is 12.1 Å². The Morgan fingerprint density at radius 2 is 2.35 bits per heavy atom. The molecule has 0 atom stereocenters.